The summed E-state index contributed by atoms with van der Waals surface area (Å²) >= 11 is 1.88. The van der Waals surface area contributed by atoms with Crippen molar-refractivity contribution >= 4 is 22.6 Å². The molecule has 0 aromatic heterocycles. The molecule has 1 spiro atoms. The Balaban J connectivity index is 1.70. The molecule has 0 saturated heterocycles. The number of anilines is 1. The molecule has 1 saturated carbocycles. The molecule has 0 radical (unpaired) electrons. The Kier molecular flexibility index (Phi) is 4.86. The maximum atomic E-state index is 5.20. The van der Waals surface area contributed by atoms with Gasteiger partial charge in [-0.15, -0.1) is 0 Å². The molecule has 0 atom stereocenters. The fraction of sp³-hybridized carbons (Fsp3) is 0.588. The first kappa shape index (κ1) is 14.9. The molecule has 1 N–H and O–H groups in total. The van der Waals surface area contributed by atoms with E-state index in [-0.39, 0.29) is 5.54 Å². The third kappa shape index (κ3) is 3.61. The molecule has 1 fully saturated rings. The van der Waals surface area contributed by atoms with Crippen LogP contribution >= 0.6 is 11.8 Å². The lowest BCUT2D eigenvalue weighted by atomic mass is 9.84. The Morgan fingerprint density at radius 3 is 2.86 bits per heavy atom. The lowest BCUT2D eigenvalue weighted by Crippen LogP contribution is -2.29. The Morgan fingerprint density at radius 2 is 2.05 bits per heavy atom. The molecule has 114 valence electrons. The van der Waals surface area contributed by atoms with Crippen molar-refractivity contribution in [2.24, 2.45) is 4.99 Å². The van der Waals surface area contributed by atoms with Crippen LogP contribution < -0.4 is 5.32 Å². The number of rotatable bonds is 4. The van der Waals surface area contributed by atoms with E-state index in [2.05, 4.69) is 29.6 Å². The first-order chi connectivity index (χ1) is 10.3. The van der Waals surface area contributed by atoms with Crippen LogP contribution in [-0.4, -0.2) is 30.2 Å². The molecule has 1 aliphatic heterocycles. The van der Waals surface area contributed by atoms with Crippen LogP contribution in [0.4, 0.5) is 5.69 Å². The summed E-state index contributed by atoms with van der Waals surface area (Å²) in [5, 5.41) is 4.65. The molecule has 3 rings (SSSR count). The zero-order chi connectivity index (χ0) is 14.5. The van der Waals surface area contributed by atoms with Crippen molar-refractivity contribution in [1.82, 2.24) is 0 Å². The third-order valence-corrected chi connectivity index (χ3v) is 5.58. The highest BCUT2D eigenvalue weighted by atomic mass is 32.2. The first-order valence-corrected chi connectivity index (χ1v) is 8.86. The number of para-hydroxylation sites is 1. The molecule has 21 heavy (non-hydrogen) atoms. The summed E-state index contributed by atoms with van der Waals surface area (Å²) in [6, 6.07) is 8.47. The van der Waals surface area contributed by atoms with Crippen LogP contribution in [0.15, 0.2) is 29.3 Å². The average Bonchev–Trinajstić information content (AvgIpc) is 2.89. The number of methoxy groups -OCH3 is 1. The molecule has 1 aromatic carbocycles. The number of benzene rings is 1. The number of amidine groups is 1. The first-order valence-electron chi connectivity index (χ1n) is 7.88. The molecular formula is C17H24N2OS. The topological polar surface area (TPSA) is 33.6 Å². The second kappa shape index (κ2) is 6.84. The maximum Gasteiger partial charge on any atom is 0.161 e. The highest BCUT2D eigenvalue weighted by Crippen LogP contribution is 2.40. The second-order valence-electron chi connectivity index (χ2n) is 6.02. The quantitative estimate of drug-likeness (QED) is 0.909. The van der Waals surface area contributed by atoms with Crippen molar-refractivity contribution < 1.29 is 4.74 Å². The van der Waals surface area contributed by atoms with Crippen LogP contribution in [0.1, 0.15) is 37.7 Å². The van der Waals surface area contributed by atoms with Gasteiger partial charge >= 0.3 is 0 Å². The summed E-state index contributed by atoms with van der Waals surface area (Å²) in [7, 11) is 1.75. The Morgan fingerprint density at radius 1 is 1.24 bits per heavy atom. The number of thioether (sulfide) groups is 1. The van der Waals surface area contributed by atoms with Crippen LogP contribution in [0.5, 0.6) is 0 Å². The zero-order valence-electron chi connectivity index (χ0n) is 12.7. The number of aliphatic imine (C=N–C) groups is 1. The van der Waals surface area contributed by atoms with Gasteiger partial charge in [-0.1, -0.05) is 49.2 Å². The number of nitrogens with one attached hydrogen (secondary N) is 1. The minimum Gasteiger partial charge on any atom is -0.384 e. The molecule has 2 aliphatic rings. The fourth-order valence-corrected chi connectivity index (χ4v) is 4.40. The minimum atomic E-state index is 0.229. The summed E-state index contributed by atoms with van der Waals surface area (Å²) in [6.45, 7) is 0.752. The van der Waals surface area contributed by atoms with Crippen molar-refractivity contribution in [3.05, 3.63) is 29.8 Å². The summed E-state index contributed by atoms with van der Waals surface area (Å²) in [5.41, 5.74) is 2.70. The van der Waals surface area contributed by atoms with Crippen LogP contribution in [0, 0.1) is 0 Å². The van der Waals surface area contributed by atoms with Gasteiger partial charge < -0.3 is 10.1 Å². The molecule has 1 aromatic rings. The van der Waals surface area contributed by atoms with Gasteiger partial charge in [0.15, 0.2) is 5.17 Å². The molecule has 1 aliphatic carbocycles. The smallest absolute Gasteiger partial charge is 0.161 e. The maximum absolute atomic E-state index is 5.20. The predicted octanol–water partition coefficient (Wildman–Crippen LogP) is 4.09. The molecule has 0 amide bonds. The van der Waals surface area contributed by atoms with Gasteiger partial charge in [0.05, 0.1) is 12.1 Å². The minimum absolute atomic E-state index is 0.229. The van der Waals surface area contributed by atoms with E-state index in [4.69, 9.17) is 9.73 Å². The second-order valence-corrected chi connectivity index (χ2v) is 6.98. The lowest BCUT2D eigenvalue weighted by molar-refractivity contribution is 0.202. The zero-order valence-corrected chi connectivity index (χ0v) is 13.5. The number of ether oxygens (including phenoxy) is 1. The highest BCUT2D eigenvalue weighted by Gasteiger charge is 2.36. The van der Waals surface area contributed by atoms with Crippen molar-refractivity contribution in [2.75, 3.05) is 24.8 Å². The van der Waals surface area contributed by atoms with Gasteiger partial charge in [-0.3, -0.25) is 4.99 Å². The van der Waals surface area contributed by atoms with Gasteiger partial charge in [-0.2, -0.15) is 0 Å². The van der Waals surface area contributed by atoms with Crippen LogP contribution in [0.2, 0.25) is 0 Å². The molecule has 3 nitrogen and oxygen atoms in total. The summed E-state index contributed by atoms with van der Waals surface area (Å²) in [4.78, 5) is 5.03. The largest absolute Gasteiger partial charge is 0.384 e. The van der Waals surface area contributed by atoms with Crippen molar-refractivity contribution in [2.45, 2.75) is 44.1 Å². The van der Waals surface area contributed by atoms with E-state index in [9.17, 15) is 0 Å². The number of hydrogen-bond donors (Lipinski definition) is 1. The SMILES string of the molecule is COCCc1ccccc1NC1=NC2(CCCCC2)CS1. The standard InChI is InChI=1S/C17H24N2OS/c1-20-12-9-14-7-3-4-8-15(14)18-16-19-17(13-21-16)10-5-2-6-11-17/h3-4,7-8H,2,5-6,9-13H2,1H3,(H,18,19). The van der Waals surface area contributed by atoms with Gasteiger partial charge in [-0.05, 0) is 30.9 Å². The molecule has 1 heterocycles. The van der Waals surface area contributed by atoms with Gasteiger partial charge in [0.25, 0.3) is 0 Å². The molecular weight excluding hydrogens is 280 g/mol. The summed E-state index contributed by atoms with van der Waals surface area (Å²) < 4.78 is 5.20. The van der Waals surface area contributed by atoms with Gasteiger partial charge in [0.1, 0.15) is 0 Å². The predicted molar refractivity (Wildman–Crippen MR) is 91.4 cm³/mol. The fourth-order valence-electron chi connectivity index (χ4n) is 3.20. The molecule has 0 bridgehead atoms. The summed E-state index contributed by atoms with van der Waals surface area (Å²) in [5.74, 6) is 1.15. The van der Waals surface area contributed by atoms with Gasteiger partial charge in [0.2, 0.25) is 0 Å². The van der Waals surface area contributed by atoms with Crippen LogP contribution in [-0.2, 0) is 11.2 Å². The average molecular weight is 304 g/mol. The Bertz CT molecular complexity index is 509. The highest BCUT2D eigenvalue weighted by molar-refractivity contribution is 8.14. The van der Waals surface area contributed by atoms with E-state index in [1.807, 2.05) is 11.8 Å². The lowest BCUT2D eigenvalue weighted by Gasteiger charge is -2.29. The van der Waals surface area contributed by atoms with Crippen molar-refractivity contribution in [1.29, 1.82) is 0 Å². The molecule has 4 heteroatoms. The van der Waals surface area contributed by atoms with E-state index in [1.165, 1.54) is 43.4 Å². The van der Waals surface area contributed by atoms with Gasteiger partial charge in [-0.25, -0.2) is 0 Å². The third-order valence-electron chi connectivity index (χ3n) is 4.44. The van der Waals surface area contributed by atoms with Crippen LogP contribution in [0.25, 0.3) is 0 Å². The summed E-state index contributed by atoms with van der Waals surface area (Å²) in [6.07, 6.45) is 7.50. The van der Waals surface area contributed by atoms with E-state index < -0.39 is 0 Å². The number of hydrogen-bond acceptors (Lipinski definition) is 4. The van der Waals surface area contributed by atoms with Crippen LogP contribution in [0.3, 0.4) is 0 Å². The monoisotopic (exact) mass is 304 g/mol. The van der Waals surface area contributed by atoms with E-state index in [0.717, 1.165) is 23.9 Å². The van der Waals surface area contributed by atoms with E-state index >= 15 is 0 Å². The van der Waals surface area contributed by atoms with E-state index in [0.29, 0.717) is 0 Å². The van der Waals surface area contributed by atoms with Gasteiger partial charge in [0, 0.05) is 18.6 Å². The molecule has 0 unspecified atom stereocenters. The Hall–Kier alpha value is -1.000. The van der Waals surface area contributed by atoms with Crippen molar-refractivity contribution in [3.8, 4) is 0 Å². The van der Waals surface area contributed by atoms with Crippen molar-refractivity contribution in [3.63, 3.8) is 0 Å². The van der Waals surface area contributed by atoms with E-state index in [1.54, 1.807) is 7.11 Å². The Labute approximate surface area is 131 Å². The number of nitrogens with zero attached hydrogens (tertiary/aromatic N) is 1. The normalized spacial score (nSPS) is 20.5.